The fourth-order valence-corrected chi connectivity index (χ4v) is 2.24. The van der Waals surface area contributed by atoms with Gasteiger partial charge in [-0.15, -0.1) is 0 Å². The average molecular weight is 318 g/mol. The van der Waals surface area contributed by atoms with Crippen LogP contribution in [0.1, 0.15) is 23.6 Å². The summed E-state index contributed by atoms with van der Waals surface area (Å²) in [6, 6.07) is 16.3. The lowest BCUT2D eigenvalue weighted by molar-refractivity contribution is 0.148. The third kappa shape index (κ3) is 5.41. The van der Waals surface area contributed by atoms with Gasteiger partial charge in [0.1, 0.15) is 0 Å². The molecule has 1 N–H and O–H groups in total. The number of amides is 1. The molecule has 2 rings (SSSR count). The maximum atomic E-state index is 11.2. The Labute approximate surface area is 136 Å². The first-order chi connectivity index (χ1) is 10.7. The Hall–Kier alpha value is -2.00. The second-order valence-electron chi connectivity index (χ2n) is 5.04. The van der Waals surface area contributed by atoms with Crippen molar-refractivity contribution in [3.63, 3.8) is 0 Å². The molecule has 2 aromatic rings. The first kappa shape index (κ1) is 16.4. The van der Waals surface area contributed by atoms with E-state index < -0.39 is 0 Å². The number of hydrogen-bond acceptors (Lipinski definition) is 2. The molecule has 0 aliphatic carbocycles. The van der Waals surface area contributed by atoms with E-state index in [4.69, 9.17) is 16.3 Å². The highest BCUT2D eigenvalue weighted by Crippen LogP contribution is 2.14. The van der Waals surface area contributed by atoms with E-state index in [9.17, 15) is 4.79 Å². The molecule has 22 heavy (non-hydrogen) atoms. The molecule has 116 valence electrons. The molecule has 0 aliphatic heterocycles. The molecular weight excluding hydrogens is 298 g/mol. The standard InChI is InChI=1S/C18H20ClNO2/c1-2-20-18(21)22-12-11-14-3-5-15(6-4-14)13-16-7-9-17(19)10-8-16/h3-10H,2,11-13H2,1H3,(H,20,21). The fourth-order valence-electron chi connectivity index (χ4n) is 2.12. The number of hydrogen-bond donors (Lipinski definition) is 1. The Morgan fingerprint density at radius 1 is 1.00 bits per heavy atom. The van der Waals surface area contributed by atoms with Crippen molar-refractivity contribution >= 4 is 17.7 Å². The van der Waals surface area contributed by atoms with Crippen LogP contribution >= 0.6 is 11.6 Å². The average Bonchev–Trinajstić information content (AvgIpc) is 2.52. The van der Waals surface area contributed by atoms with Crippen LogP contribution in [0.3, 0.4) is 0 Å². The molecule has 4 heteroatoms. The summed E-state index contributed by atoms with van der Waals surface area (Å²) in [4.78, 5) is 11.2. The highest BCUT2D eigenvalue weighted by Gasteiger charge is 2.01. The minimum absolute atomic E-state index is 0.359. The summed E-state index contributed by atoms with van der Waals surface area (Å²) in [5.41, 5.74) is 3.64. The molecule has 0 fully saturated rings. The Bertz CT molecular complexity index is 593. The molecule has 0 heterocycles. The molecule has 0 unspecified atom stereocenters. The van der Waals surface area contributed by atoms with Crippen LogP contribution in [0, 0.1) is 0 Å². The minimum atomic E-state index is -0.359. The number of carbonyl (C=O) groups excluding carboxylic acids is 1. The lowest BCUT2D eigenvalue weighted by atomic mass is 10.0. The van der Waals surface area contributed by atoms with E-state index in [-0.39, 0.29) is 6.09 Å². The van der Waals surface area contributed by atoms with Crippen LogP contribution in [0.2, 0.25) is 5.02 Å². The molecule has 2 aromatic carbocycles. The molecule has 0 radical (unpaired) electrons. The van der Waals surface area contributed by atoms with Crippen LogP contribution in [0.4, 0.5) is 4.79 Å². The summed E-state index contributed by atoms with van der Waals surface area (Å²) in [5, 5.41) is 3.36. The Morgan fingerprint density at radius 3 is 2.14 bits per heavy atom. The molecule has 0 atom stereocenters. The topological polar surface area (TPSA) is 38.3 Å². The van der Waals surface area contributed by atoms with E-state index in [0.717, 1.165) is 23.4 Å². The quantitative estimate of drug-likeness (QED) is 0.866. The zero-order valence-corrected chi connectivity index (χ0v) is 13.4. The van der Waals surface area contributed by atoms with E-state index in [1.807, 2.05) is 31.2 Å². The highest BCUT2D eigenvalue weighted by molar-refractivity contribution is 6.30. The van der Waals surface area contributed by atoms with Gasteiger partial charge in [0.05, 0.1) is 6.61 Å². The smallest absolute Gasteiger partial charge is 0.407 e. The second-order valence-corrected chi connectivity index (χ2v) is 5.47. The van der Waals surface area contributed by atoms with Crippen molar-refractivity contribution in [3.05, 3.63) is 70.2 Å². The van der Waals surface area contributed by atoms with Crippen molar-refractivity contribution in [2.24, 2.45) is 0 Å². The lowest BCUT2D eigenvalue weighted by Crippen LogP contribution is -2.24. The van der Waals surface area contributed by atoms with Gasteiger partial charge in [-0.05, 0) is 42.2 Å². The van der Waals surface area contributed by atoms with Gasteiger partial charge in [-0.1, -0.05) is 48.0 Å². The number of nitrogens with one attached hydrogen (secondary N) is 1. The Morgan fingerprint density at radius 2 is 1.55 bits per heavy atom. The van der Waals surface area contributed by atoms with Gasteiger partial charge in [0, 0.05) is 18.0 Å². The van der Waals surface area contributed by atoms with Gasteiger partial charge in [0.2, 0.25) is 0 Å². The first-order valence-electron chi connectivity index (χ1n) is 7.40. The summed E-state index contributed by atoms with van der Waals surface area (Å²) in [7, 11) is 0. The predicted octanol–water partition coefficient (Wildman–Crippen LogP) is 4.22. The van der Waals surface area contributed by atoms with E-state index in [2.05, 4.69) is 29.6 Å². The summed E-state index contributed by atoms with van der Waals surface area (Å²) >= 11 is 5.89. The van der Waals surface area contributed by atoms with Crippen molar-refractivity contribution in [3.8, 4) is 0 Å². The van der Waals surface area contributed by atoms with Crippen LogP contribution in [0.25, 0.3) is 0 Å². The van der Waals surface area contributed by atoms with Crippen molar-refractivity contribution in [1.82, 2.24) is 5.32 Å². The molecule has 0 aliphatic rings. The van der Waals surface area contributed by atoms with Crippen LogP contribution < -0.4 is 5.32 Å². The number of benzene rings is 2. The Balaban J connectivity index is 1.82. The molecule has 0 saturated carbocycles. The van der Waals surface area contributed by atoms with Gasteiger partial charge in [0.25, 0.3) is 0 Å². The monoisotopic (exact) mass is 317 g/mol. The maximum absolute atomic E-state index is 11.2. The maximum Gasteiger partial charge on any atom is 0.407 e. The van der Waals surface area contributed by atoms with Crippen LogP contribution in [0.15, 0.2) is 48.5 Å². The molecule has 1 amide bonds. The highest BCUT2D eigenvalue weighted by atomic mass is 35.5. The van der Waals surface area contributed by atoms with Crippen molar-refractivity contribution in [2.75, 3.05) is 13.2 Å². The van der Waals surface area contributed by atoms with Gasteiger partial charge in [-0.3, -0.25) is 0 Å². The van der Waals surface area contributed by atoms with Crippen molar-refractivity contribution < 1.29 is 9.53 Å². The number of carbonyl (C=O) groups is 1. The normalized spacial score (nSPS) is 10.3. The summed E-state index contributed by atoms with van der Waals surface area (Å²) in [6.45, 7) is 2.83. The molecule has 0 spiro atoms. The number of rotatable bonds is 6. The predicted molar refractivity (Wildman–Crippen MR) is 89.4 cm³/mol. The molecule has 0 aromatic heterocycles. The first-order valence-corrected chi connectivity index (χ1v) is 7.78. The summed E-state index contributed by atoms with van der Waals surface area (Å²) < 4.78 is 5.06. The summed E-state index contributed by atoms with van der Waals surface area (Å²) in [6.07, 6.45) is 1.24. The molecule has 0 bridgehead atoms. The zero-order chi connectivity index (χ0) is 15.8. The molecule has 0 saturated heterocycles. The molecule has 3 nitrogen and oxygen atoms in total. The van der Waals surface area contributed by atoms with Crippen molar-refractivity contribution in [1.29, 1.82) is 0 Å². The van der Waals surface area contributed by atoms with Gasteiger partial charge in [0.15, 0.2) is 0 Å². The van der Waals surface area contributed by atoms with Crippen LogP contribution in [-0.2, 0) is 17.6 Å². The largest absolute Gasteiger partial charge is 0.449 e. The van der Waals surface area contributed by atoms with Gasteiger partial charge < -0.3 is 10.1 Å². The third-order valence-corrected chi connectivity index (χ3v) is 3.54. The third-order valence-electron chi connectivity index (χ3n) is 3.29. The van der Waals surface area contributed by atoms with Gasteiger partial charge in [-0.2, -0.15) is 0 Å². The fraction of sp³-hybridized carbons (Fsp3) is 0.278. The van der Waals surface area contributed by atoms with Crippen LogP contribution in [0.5, 0.6) is 0 Å². The van der Waals surface area contributed by atoms with E-state index in [0.29, 0.717) is 13.2 Å². The second kappa shape index (κ2) is 8.44. The minimum Gasteiger partial charge on any atom is -0.449 e. The number of halogens is 1. The van der Waals surface area contributed by atoms with E-state index in [1.165, 1.54) is 11.1 Å². The number of alkyl carbamates (subject to hydrolysis) is 1. The SMILES string of the molecule is CCNC(=O)OCCc1ccc(Cc2ccc(Cl)cc2)cc1. The number of ether oxygens (including phenoxy) is 1. The summed E-state index contributed by atoms with van der Waals surface area (Å²) in [5.74, 6) is 0. The lowest BCUT2D eigenvalue weighted by Gasteiger charge is -2.07. The van der Waals surface area contributed by atoms with Crippen molar-refractivity contribution in [2.45, 2.75) is 19.8 Å². The van der Waals surface area contributed by atoms with E-state index in [1.54, 1.807) is 0 Å². The van der Waals surface area contributed by atoms with E-state index >= 15 is 0 Å². The Kier molecular flexibility index (Phi) is 6.28. The van der Waals surface area contributed by atoms with Crippen LogP contribution in [-0.4, -0.2) is 19.2 Å². The molecular formula is C18H20ClNO2. The zero-order valence-electron chi connectivity index (χ0n) is 12.6. The van der Waals surface area contributed by atoms with Gasteiger partial charge in [-0.25, -0.2) is 4.79 Å². The van der Waals surface area contributed by atoms with Gasteiger partial charge >= 0.3 is 6.09 Å².